The fraction of sp³-hybridized carbons (Fsp3) is 0.476. The van der Waals surface area contributed by atoms with Crippen LogP contribution >= 0.6 is 0 Å². The molecule has 2 heterocycles. The number of aryl methyl sites for hydroxylation is 1. The second-order valence-electron chi connectivity index (χ2n) is 7.41. The lowest BCUT2D eigenvalue weighted by Crippen LogP contribution is -2.47. The Bertz CT molecular complexity index is 754. The molecule has 0 aliphatic carbocycles. The third kappa shape index (κ3) is 5.18. The summed E-state index contributed by atoms with van der Waals surface area (Å²) in [5.41, 5.74) is 1.70. The van der Waals surface area contributed by atoms with Gasteiger partial charge in [0.1, 0.15) is 17.3 Å². The number of amides is 1. The quantitative estimate of drug-likeness (QED) is 0.851. The molecular weight excluding hydrogens is 338 g/mol. The van der Waals surface area contributed by atoms with E-state index >= 15 is 0 Å². The van der Waals surface area contributed by atoms with Gasteiger partial charge in [-0.05, 0) is 31.4 Å². The van der Waals surface area contributed by atoms with E-state index < -0.39 is 0 Å². The summed E-state index contributed by atoms with van der Waals surface area (Å²) in [6.07, 6.45) is 0.962. The molecule has 1 fully saturated rings. The predicted octanol–water partition coefficient (Wildman–Crippen LogP) is 2.89. The third-order valence-corrected chi connectivity index (χ3v) is 4.79. The van der Waals surface area contributed by atoms with Gasteiger partial charge in [0.05, 0.1) is 0 Å². The van der Waals surface area contributed by atoms with Crippen molar-refractivity contribution in [2.75, 3.05) is 42.5 Å². The van der Waals surface area contributed by atoms with Crippen molar-refractivity contribution in [1.82, 2.24) is 15.3 Å². The number of aromatic nitrogens is 2. The number of rotatable bonds is 6. The van der Waals surface area contributed by atoms with E-state index in [0.29, 0.717) is 24.0 Å². The minimum absolute atomic E-state index is 0.120. The summed E-state index contributed by atoms with van der Waals surface area (Å²) in [7, 11) is 0. The maximum absolute atomic E-state index is 12.4. The molecule has 1 amide bonds. The molecule has 1 aliphatic rings. The first-order valence-corrected chi connectivity index (χ1v) is 9.72. The van der Waals surface area contributed by atoms with Crippen LogP contribution in [0.1, 0.15) is 36.6 Å². The van der Waals surface area contributed by atoms with Crippen molar-refractivity contribution in [2.24, 2.45) is 5.92 Å². The summed E-state index contributed by atoms with van der Waals surface area (Å²) in [6, 6.07) is 12.3. The summed E-state index contributed by atoms with van der Waals surface area (Å²) >= 11 is 0. The van der Waals surface area contributed by atoms with Crippen molar-refractivity contribution in [2.45, 2.75) is 27.2 Å². The Morgan fingerprint density at radius 1 is 1.07 bits per heavy atom. The molecule has 144 valence electrons. The number of carbonyl (C=O) groups is 1. The van der Waals surface area contributed by atoms with Crippen molar-refractivity contribution in [3.8, 4) is 0 Å². The van der Waals surface area contributed by atoms with Crippen LogP contribution in [-0.2, 0) is 0 Å². The average molecular weight is 367 g/mol. The number of carbonyl (C=O) groups excluding carboxylic acids is 1. The Morgan fingerprint density at radius 3 is 2.41 bits per heavy atom. The Labute approximate surface area is 161 Å². The lowest BCUT2D eigenvalue weighted by atomic mass is 10.1. The minimum atomic E-state index is -0.120. The van der Waals surface area contributed by atoms with Gasteiger partial charge in [-0.1, -0.05) is 32.0 Å². The molecule has 3 rings (SSSR count). The zero-order chi connectivity index (χ0) is 19.2. The van der Waals surface area contributed by atoms with Crippen LogP contribution in [-0.4, -0.2) is 48.6 Å². The molecule has 27 heavy (non-hydrogen) atoms. The van der Waals surface area contributed by atoms with Gasteiger partial charge in [-0.15, -0.1) is 0 Å². The Kier molecular flexibility index (Phi) is 6.27. The molecule has 0 radical (unpaired) electrons. The van der Waals surface area contributed by atoms with Crippen LogP contribution in [0.15, 0.2) is 36.4 Å². The van der Waals surface area contributed by atoms with Crippen molar-refractivity contribution >= 4 is 17.4 Å². The highest BCUT2D eigenvalue weighted by Crippen LogP contribution is 2.19. The van der Waals surface area contributed by atoms with Crippen molar-refractivity contribution in [3.05, 3.63) is 47.9 Å². The number of hydrogen-bond donors (Lipinski definition) is 1. The largest absolute Gasteiger partial charge is 0.368 e. The van der Waals surface area contributed by atoms with Crippen molar-refractivity contribution in [3.63, 3.8) is 0 Å². The molecule has 0 spiro atoms. The van der Waals surface area contributed by atoms with Crippen LogP contribution in [0.5, 0.6) is 0 Å². The van der Waals surface area contributed by atoms with Crippen LogP contribution in [0.3, 0.4) is 0 Å². The smallest absolute Gasteiger partial charge is 0.270 e. The van der Waals surface area contributed by atoms with Gasteiger partial charge in [-0.3, -0.25) is 4.79 Å². The Hall–Kier alpha value is -2.63. The van der Waals surface area contributed by atoms with E-state index in [2.05, 4.69) is 63.2 Å². The first-order chi connectivity index (χ1) is 13.0. The normalized spacial score (nSPS) is 14.5. The van der Waals surface area contributed by atoms with E-state index in [0.717, 1.165) is 38.4 Å². The lowest BCUT2D eigenvalue weighted by Gasteiger charge is -2.36. The predicted molar refractivity (Wildman–Crippen MR) is 109 cm³/mol. The molecule has 0 unspecified atom stereocenters. The molecule has 6 nitrogen and oxygen atoms in total. The Balaban J connectivity index is 1.63. The highest BCUT2D eigenvalue weighted by Gasteiger charge is 2.20. The van der Waals surface area contributed by atoms with Gasteiger partial charge < -0.3 is 15.1 Å². The minimum Gasteiger partial charge on any atom is -0.368 e. The van der Waals surface area contributed by atoms with Gasteiger partial charge >= 0.3 is 0 Å². The van der Waals surface area contributed by atoms with Gasteiger partial charge in [0.25, 0.3) is 5.91 Å². The van der Waals surface area contributed by atoms with Crippen molar-refractivity contribution in [1.29, 1.82) is 0 Å². The molecule has 0 bridgehead atoms. The molecule has 0 atom stereocenters. The maximum Gasteiger partial charge on any atom is 0.270 e. The van der Waals surface area contributed by atoms with E-state index in [1.807, 2.05) is 19.1 Å². The molecule has 1 N–H and O–H groups in total. The summed E-state index contributed by atoms with van der Waals surface area (Å²) in [6.45, 7) is 10.4. The van der Waals surface area contributed by atoms with Gasteiger partial charge in [-0.25, -0.2) is 9.97 Å². The van der Waals surface area contributed by atoms with E-state index in [1.54, 1.807) is 0 Å². The molecule has 1 saturated heterocycles. The number of benzene rings is 1. The number of piperazine rings is 1. The van der Waals surface area contributed by atoms with Gasteiger partial charge in [0.15, 0.2) is 0 Å². The first-order valence-electron chi connectivity index (χ1n) is 9.72. The molecule has 1 aromatic heterocycles. The average Bonchev–Trinajstić information content (AvgIpc) is 2.68. The first kappa shape index (κ1) is 19.1. The second-order valence-corrected chi connectivity index (χ2v) is 7.41. The topological polar surface area (TPSA) is 61.4 Å². The second kappa shape index (κ2) is 8.84. The summed E-state index contributed by atoms with van der Waals surface area (Å²) in [5.74, 6) is 1.91. The van der Waals surface area contributed by atoms with Gasteiger partial charge in [0, 0.05) is 44.5 Å². The van der Waals surface area contributed by atoms with E-state index in [9.17, 15) is 4.79 Å². The van der Waals surface area contributed by atoms with Crippen molar-refractivity contribution < 1.29 is 4.79 Å². The number of nitrogens with one attached hydrogen (secondary N) is 1. The van der Waals surface area contributed by atoms with Crippen LogP contribution in [0.4, 0.5) is 11.5 Å². The summed E-state index contributed by atoms with van der Waals surface area (Å²) < 4.78 is 0. The Morgan fingerprint density at radius 2 is 1.74 bits per heavy atom. The third-order valence-electron chi connectivity index (χ3n) is 4.79. The number of hydrogen-bond acceptors (Lipinski definition) is 5. The lowest BCUT2D eigenvalue weighted by molar-refractivity contribution is 0.0946. The molecule has 1 aliphatic heterocycles. The van der Waals surface area contributed by atoms with Crippen LogP contribution in [0, 0.1) is 12.8 Å². The van der Waals surface area contributed by atoms with Gasteiger partial charge in [0.2, 0.25) is 0 Å². The van der Waals surface area contributed by atoms with E-state index in [4.69, 9.17) is 0 Å². The highest BCUT2D eigenvalue weighted by molar-refractivity contribution is 5.92. The molecule has 6 heteroatoms. The number of nitrogens with zero attached hydrogens (tertiary/aromatic N) is 4. The maximum atomic E-state index is 12.4. The number of anilines is 2. The molecule has 0 saturated carbocycles. The van der Waals surface area contributed by atoms with Gasteiger partial charge in [-0.2, -0.15) is 0 Å². The molecular formula is C21H29N5O. The standard InChI is InChI=1S/C21H29N5O/c1-16(2)9-10-22-21(27)19-15-20(24-17(3)23-19)26-13-11-25(12-14-26)18-7-5-4-6-8-18/h4-8,15-16H,9-14H2,1-3H3,(H,22,27). The number of para-hydroxylation sites is 1. The monoisotopic (exact) mass is 367 g/mol. The highest BCUT2D eigenvalue weighted by atomic mass is 16.1. The SMILES string of the molecule is Cc1nc(C(=O)NCCC(C)C)cc(N2CCN(c3ccccc3)CC2)n1. The van der Waals surface area contributed by atoms with E-state index in [-0.39, 0.29) is 5.91 Å². The van der Waals surface area contributed by atoms with Crippen LogP contribution < -0.4 is 15.1 Å². The molecule has 2 aromatic rings. The fourth-order valence-corrected chi connectivity index (χ4v) is 3.23. The van der Waals surface area contributed by atoms with E-state index in [1.165, 1.54) is 5.69 Å². The summed E-state index contributed by atoms with van der Waals surface area (Å²) in [5, 5.41) is 2.96. The zero-order valence-corrected chi connectivity index (χ0v) is 16.5. The molecule has 1 aromatic carbocycles. The van der Waals surface area contributed by atoms with Crippen LogP contribution in [0.25, 0.3) is 0 Å². The summed E-state index contributed by atoms with van der Waals surface area (Å²) in [4.78, 5) is 25.9. The fourth-order valence-electron chi connectivity index (χ4n) is 3.23. The van der Waals surface area contributed by atoms with Crippen LogP contribution in [0.2, 0.25) is 0 Å². The zero-order valence-electron chi connectivity index (χ0n) is 16.5.